The lowest BCUT2D eigenvalue weighted by Gasteiger charge is -2.34. The summed E-state index contributed by atoms with van der Waals surface area (Å²) in [5.74, 6) is 1.43. The molecule has 0 aliphatic carbocycles. The summed E-state index contributed by atoms with van der Waals surface area (Å²) < 4.78 is 0. The topological polar surface area (TPSA) is 56.3 Å². The van der Waals surface area contributed by atoms with Crippen LogP contribution in [0.25, 0.3) is 0 Å². The fraction of sp³-hybridized carbons (Fsp3) is 0.444. The van der Waals surface area contributed by atoms with Crippen molar-refractivity contribution in [1.29, 1.82) is 0 Å². The number of anilines is 4. The number of hydrogen-bond donors (Lipinski definition) is 2. The van der Waals surface area contributed by atoms with Crippen molar-refractivity contribution in [3.05, 3.63) is 36.5 Å². The summed E-state index contributed by atoms with van der Waals surface area (Å²) in [6, 6.07) is 10.7. The van der Waals surface area contributed by atoms with E-state index in [4.69, 9.17) is 0 Å². The fourth-order valence-electron chi connectivity index (χ4n) is 2.74. The maximum absolute atomic E-state index is 4.48. The monoisotopic (exact) mass is 326 g/mol. The molecule has 0 saturated carbocycles. The molecule has 0 unspecified atom stereocenters. The van der Waals surface area contributed by atoms with E-state index in [0.717, 1.165) is 37.7 Å². The second-order valence-electron chi connectivity index (χ2n) is 6.53. The first-order valence-electron chi connectivity index (χ1n) is 8.50. The molecule has 0 amide bonds. The standard InChI is InChI=1S/C18H26N6/c1-14(2)20-17-8-9-19-18(22-17)21-15-4-6-16(7-5-15)24-12-10-23(3)11-13-24/h4-9,14H,10-13H2,1-3H3,(H2,19,20,21,22). The van der Waals surface area contributed by atoms with Crippen molar-refractivity contribution in [3.8, 4) is 0 Å². The molecule has 2 N–H and O–H groups in total. The van der Waals surface area contributed by atoms with Crippen LogP contribution in [0.5, 0.6) is 0 Å². The third-order valence-corrected chi connectivity index (χ3v) is 4.08. The van der Waals surface area contributed by atoms with Gasteiger partial charge in [0.25, 0.3) is 0 Å². The first-order valence-corrected chi connectivity index (χ1v) is 8.50. The highest BCUT2D eigenvalue weighted by Crippen LogP contribution is 2.21. The van der Waals surface area contributed by atoms with E-state index >= 15 is 0 Å². The third-order valence-electron chi connectivity index (χ3n) is 4.08. The molecule has 128 valence electrons. The molecule has 2 heterocycles. The highest BCUT2D eigenvalue weighted by Gasteiger charge is 2.14. The molecule has 0 spiro atoms. The second-order valence-corrected chi connectivity index (χ2v) is 6.53. The van der Waals surface area contributed by atoms with Gasteiger partial charge in [0.15, 0.2) is 0 Å². The minimum Gasteiger partial charge on any atom is -0.369 e. The fourth-order valence-corrected chi connectivity index (χ4v) is 2.74. The van der Waals surface area contributed by atoms with Crippen molar-refractivity contribution in [1.82, 2.24) is 14.9 Å². The Bertz CT molecular complexity index is 647. The Morgan fingerprint density at radius 3 is 2.38 bits per heavy atom. The first-order chi connectivity index (χ1) is 11.6. The number of aromatic nitrogens is 2. The van der Waals surface area contributed by atoms with E-state index in [9.17, 15) is 0 Å². The molecule has 0 radical (unpaired) electrons. The Morgan fingerprint density at radius 2 is 1.71 bits per heavy atom. The summed E-state index contributed by atoms with van der Waals surface area (Å²) in [6.45, 7) is 8.57. The van der Waals surface area contributed by atoms with Crippen molar-refractivity contribution in [2.75, 3.05) is 48.8 Å². The number of benzene rings is 1. The van der Waals surface area contributed by atoms with E-state index in [1.54, 1.807) is 6.20 Å². The van der Waals surface area contributed by atoms with Gasteiger partial charge in [0, 0.05) is 49.8 Å². The number of piperazine rings is 1. The van der Waals surface area contributed by atoms with Gasteiger partial charge in [-0.1, -0.05) is 0 Å². The van der Waals surface area contributed by atoms with E-state index in [1.807, 2.05) is 6.07 Å². The zero-order valence-corrected chi connectivity index (χ0v) is 14.7. The van der Waals surface area contributed by atoms with E-state index in [0.29, 0.717) is 12.0 Å². The Labute approximate surface area is 143 Å². The number of nitrogens with zero attached hydrogens (tertiary/aromatic N) is 4. The minimum absolute atomic E-state index is 0.343. The highest BCUT2D eigenvalue weighted by atomic mass is 15.2. The van der Waals surface area contributed by atoms with Crippen LogP contribution in [0.3, 0.4) is 0 Å². The molecule has 2 aromatic rings. The second kappa shape index (κ2) is 7.49. The molecule has 0 bridgehead atoms. The predicted molar refractivity (Wildman–Crippen MR) is 100 cm³/mol. The number of likely N-dealkylation sites (N-methyl/N-ethyl adjacent to an activating group) is 1. The SMILES string of the molecule is CC(C)Nc1ccnc(Nc2ccc(N3CCN(C)CC3)cc2)n1. The molecule has 6 nitrogen and oxygen atoms in total. The lowest BCUT2D eigenvalue weighted by Crippen LogP contribution is -2.44. The van der Waals surface area contributed by atoms with Crippen LogP contribution in [0.4, 0.5) is 23.1 Å². The van der Waals surface area contributed by atoms with E-state index in [1.165, 1.54) is 5.69 Å². The van der Waals surface area contributed by atoms with Crippen LogP contribution in [0.15, 0.2) is 36.5 Å². The van der Waals surface area contributed by atoms with Gasteiger partial charge >= 0.3 is 0 Å². The molecule has 1 aromatic carbocycles. The molecule has 3 rings (SSSR count). The Kier molecular flexibility index (Phi) is 5.15. The maximum Gasteiger partial charge on any atom is 0.229 e. The third kappa shape index (κ3) is 4.35. The van der Waals surface area contributed by atoms with Crippen molar-refractivity contribution < 1.29 is 0 Å². The van der Waals surface area contributed by atoms with Crippen molar-refractivity contribution >= 4 is 23.1 Å². The molecule has 6 heteroatoms. The normalized spacial score (nSPS) is 15.6. The van der Waals surface area contributed by atoms with E-state index < -0.39 is 0 Å². The van der Waals surface area contributed by atoms with Crippen LogP contribution >= 0.6 is 0 Å². The summed E-state index contributed by atoms with van der Waals surface area (Å²) in [4.78, 5) is 13.6. The molecular weight excluding hydrogens is 300 g/mol. The van der Waals surface area contributed by atoms with Crippen LogP contribution in [-0.4, -0.2) is 54.1 Å². The number of nitrogens with one attached hydrogen (secondary N) is 2. The minimum atomic E-state index is 0.343. The Morgan fingerprint density at radius 1 is 1.00 bits per heavy atom. The molecular formula is C18H26N6. The van der Waals surface area contributed by atoms with Crippen molar-refractivity contribution in [3.63, 3.8) is 0 Å². The van der Waals surface area contributed by atoms with Gasteiger partial charge in [-0.15, -0.1) is 0 Å². The van der Waals surface area contributed by atoms with Gasteiger partial charge in [-0.3, -0.25) is 0 Å². The molecule has 0 atom stereocenters. The smallest absolute Gasteiger partial charge is 0.229 e. The molecule has 1 aliphatic heterocycles. The summed E-state index contributed by atoms with van der Waals surface area (Å²) in [7, 11) is 2.17. The predicted octanol–water partition coefficient (Wildman–Crippen LogP) is 2.79. The summed E-state index contributed by atoms with van der Waals surface area (Å²) in [5, 5.41) is 6.55. The van der Waals surface area contributed by atoms with E-state index in [2.05, 4.69) is 75.6 Å². The van der Waals surface area contributed by atoms with Gasteiger partial charge in [-0.25, -0.2) is 4.98 Å². The van der Waals surface area contributed by atoms with Crippen molar-refractivity contribution in [2.24, 2.45) is 0 Å². The summed E-state index contributed by atoms with van der Waals surface area (Å²) >= 11 is 0. The Hall–Kier alpha value is -2.34. The molecule has 24 heavy (non-hydrogen) atoms. The van der Waals surface area contributed by atoms with Crippen molar-refractivity contribution in [2.45, 2.75) is 19.9 Å². The van der Waals surface area contributed by atoms with Gasteiger partial charge in [0.1, 0.15) is 5.82 Å². The summed E-state index contributed by atoms with van der Waals surface area (Å²) in [6.07, 6.45) is 1.76. The first kappa shape index (κ1) is 16.5. The van der Waals surface area contributed by atoms with E-state index in [-0.39, 0.29) is 0 Å². The highest BCUT2D eigenvalue weighted by molar-refractivity contribution is 5.60. The average molecular weight is 326 g/mol. The van der Waals surface area contributed by atoms with Gasteiger partial charge in [-0.05, 0) is 51.2 Å². The van der Waals surface area contributed by atoms with Crippen LogP contribution < -0.4 is 15.5 Å². The van der Waals surface area contributed by atoms with Crippen LogP contribution in [0.1, 0.15) is 13.8 Å². The molecule has 1 saturated heterocycles. The lowest BCUT2D eigenvalue weighted by molar-refractivity contribution is 0.313. The quantitative estimate of drug-likeness (QED) is 0.881. The maximum atomic E-state index is 4.48. The summed E-state index contributed by atoms with van der Waals surface area (Å²) in [5.41, 5.74) is 2.26. The molecule has 1 fully saturated rings. The van der Waals surface area contributed by atoms with Crippen LogP contribution in [0, 0.1) is 0 Å². The number of hydrogen-bond acceptors (Lipinski definition) is 6. The molecule has 1 aliphatic rings. The van der Waals surface area contributed by atoms with Gasteiger partial charge in [-0.2, -0.15) is 4.98 Å². The number of rotatable bonds is 5. The van der Waals surface area contributed by atoms with Crippen LogP contribution in [-0.2, 0) is 0 Å². The average Bonchev–Trinajstić information content (AvgIpc) is 2.56. The zero-order valence-electron chi connectivity index (χ0n) is 14.7. The van der Waals surface area contributed by atoms with Gasteiger partial charge in [0.05, 0.1) is 0 Å². The van der Waals surface area contributed by atoms with Gasteiger partial charge < -0.3 is 20.4 Å². The van der Waals surface area contributed by atoms with Crippen LogP contribution in [0.2, 0.25) is 0 Å². The Balaban J connectivity index is 1.64. The molecule has 1 aromatic heterocycles. The van der Waals surface area contributed by atoms with Gasteiger partial charge in [0.2, 0.25) is 5.95 Å². The lowest BCUT2D eigenvalue weighted by atomic mass is 10.2. The zero-order chi connectivity index (χ0) is 16.9. The largest absolute Gasteiger partial charge is 0.369 e.